The predicted molar refractivity (Wildman–Crippen MR) is 69.9 cm³/mol. The number of hydrogen-bond acceptors (Lipinski definition) is 2. The van der Waals surface area contributed by atoms with E-state index in [4.69, 9.17) is 16.9 Å². The van der Waals surface area contributed by atoms with Crippen molar-refractivity contribution in [2.45, 2.75) is 6.54 Å². The van der Waals surface area contributed by atoms with Crippen molar-refractivity contribution >= 4 is 17.3 Å². The van der Waals surface area contributed by atoms with Crippen LogP contribution < -0.4 is 5.32 Å². The van der Waals surface area contributed by atoms with Crippen molar-refractivity contribution in [1.82, 2.24) is 0 Å². The molecular formula is C14H11ClN2. The summed E-state index contributed by atoms with van der Waals surface area (Å²) in [4.78, 5) is 0. The van der Waals surface area contributed by atoms with Crippen molar-refractivity contribution in [2.24, 2.45) is 0 Å². The summed E-state index contributed by atoms with van der Waals surface area (Å²) in [5.74, 6) is 0. The Hall–Kier alpha value is -1.98. The molecule has 0 atom stereocenters. The Kier molecular flexibility index (Phi) is 3.64. The van der Waals surface area contributed by atoms with Crippen LogP contribution in [0.2, 0.25) is 5.02 Å². The van der Waals surface area contributed by atoms with Gasteiger partial charge in [0.25, 0.3) is 0 Å². The molecule has 84 valence electrons. The molecule has 0 amide bonds. The number of nitrogens with zero attached hydrogens (tertiary/aromatic N) is 1. The molecule has 2 rings (SSSR count). The Morgan fingerprint density at radius 2 is 1.65 bits per heavy atom. The monoisotopic (exact) mass is 242 g/mol. The summed E-state index contributed by atoms with van der Waals surface area (Å²) >= 11 is 5.80. The van der Waals surface area contributed by atoms with Gasteiger partial charge in [-0.1, -0.05) is 23.7 Å². The zero-order valence-electron chi connectivity index (χ0n) is 9.15. The fraction of sp³-hybridized carbons (Fsp3) is 0.0714. The zero-order chi connectivity index (χ0) is 12.1. The second-order valence-electron chi connectivity index (χ2n) is 3.67. The minimum atomic E-state index is 0.681. The molecule has 2 aromatic carbocycles. The molecule has 0 saturated carbocycles. The molecule has 3 heteroatoms. The Labute approximate surface area is 105 Å². The van der Waals surface area contributed by atoms with E-state index in [2.05, 4.69) is 11.4 Å². The normalized spacial score (nSPS) is 9.65. The highest BCUT2D eigenvalue weighted by atomic mass is 35.5. The Balaban J connectivity index is 1.98. The fourth-order valence-electron chi connectivity index (χ4n) is 1.47. The maximum atomic E-state index is 8.68. The van der Waals surface area contributed by atoms with Gasteiger partial charge in [-0.3, -0.25) is 0 Å². The summed E-state index contributed by atoms with van der Waals surface area (Å²) in [5.41, 5.74) is 2.85. The van der Waals surface area contributed by atoms with Crippen molar-refractivity contribution in [2.75, 3.05) is 5.32 Å². The lowest BCUT2D eigenvalue weighted by Crippen LogP contribution is -1.98. The van der Waals surface area contributed by atoms with Gasteiger partial charge in [-0.05, 0) is 42.0 Å². The van der Waals surface area contributed by atoms with Crippen LogP contribution in [0.3, 0.4) is 0 Å². The zero-order valence-corrected chi connectivity index (χ0v) is 9.91. The lowest BCUT2D eigenvalue weighted by Gasteiger charge is -2.06. The van der Waals surface area contributed by atoms with E-state index in [1.807, 2.05) is 48.5 Å². The number of rotatable bonds is 3. The molecule has 0 radical (unpaired) electrons. The number of nitrogens with one attached hydrogen (secondary N) is 1. The van der Waals surface area contributed by atoms with Gasteiger partial charge in [0.05, 0.1) is 11.6 Å². The number of anilines is 1. The number of benzene rings is 2. The van der Waals surface area contributed by atoms with Crippen LogP contribution in [-0.4, -0.2) is 0 Å². The molecule has 0 aliphatic carbocycles. The van der Waals surface area contributed by atoms with E-state index in [0.717, 1.165) is 22.8 Å². The van der Waals surface area contributed by atoms with E-state index >= 15 is 0 Å². The van der Waals surface area contributed by atoms with Crippen molar-refractivity contribution in [3.63, 3.8) is 0 Å². The molecule has 0 fully saturated rings. The van der Waals surface area contributed by atoms with Gasteiger partial charge in [-0.2, -0.15) is 5.26 Å². The predicted octanol–water partition coefficient (Wildman–Crippen LogP) is 3.82. The maximum Gasteiger partial charge on any atom is 0.0991 e. The second kappa shape index (κ2) is 5.38. The van der Waals surface area contributed by atoms with Crippen LogP contribution in [0.1, 0.15) is 11.1 Å². The summed E-state index contributed by atoms with van der Waals surface area (Å²) in [6, 6.07) is 17.2. The van der Waals surface area contributed by atoms with Gasteiger partial charge in [0.15, 0.2) is 0 Å². The van der Waals surface area contributed by atoms with E-state index in [1.54, 1.807) is 0 Å². The number of halogens is 1. The Morgan fingerprint density at radius 3 is 2.24 bits per heavy atom. The van der Waals surface area contributed by atoms with Crippen LogP contribution in [0.15, 0.2) is 48.5 Å². The first kappa shape index (κ1) is 11.5. The molecule has 0 heterocycles. The molecule has 2 aromatic rings. The molecule has 17 heavy (non-hydrogen) atoms. The van der Waals surface area contributed by atoms with E-state index in [9.17, 15) is 0 Å². The van der Waals surface area contributed by atoms with E-state index in [0.29, 0.717) is 5.56 Å². The fourth-order valence-corrected chi connectivity index (χ4v) is 1.59. The van der Waals surface area contributed by atoms with Crippen LogP contribution in [0.5, 0.6) is 0 Å². The molecule has 0 unspecified atom stereocenters. The molecule has 2 nitrogen and oxygen atoms in total. The average molecular weight is 243 g/mol. The summed E-state index contributed by atoms with van der Waals surface area (Å²) in [7, 11) is 0. The summed E-state index contributed by atoms with van der Waals surface area (Å²) in [6.07, 6.45) is 0. The summed E-state index contributed by atoms with van der Waals surface area (Å²) in [6.45, 7) is 0.730. The maximum absolute atomic E-state index is 8.68. The topological polar surface area (TPSA) is 35.8 Å². The van der Waals surface area contributed by atoms with Gasteiger partial charge in [0, 0.05) is 17.3 Å². The van der Waals surface area contributed by atoms with Crippen LogP contribution in [0.25, 0.3) is 0 Å². The molecule has 0 aromatic heterocycles. The third kappa shape index (κ3) is 3.24. The van der Waals surface area contributed by atoms with Crippen LogP contribution in [0.4, 0.5) is 5.69 Å². The largest absolute Gasteiger partial charge is 0.381 e. The van der Waals surface area contributed by atoms with E-state index in [1.165, 1.54) is 0 Å². The molecule has 0 aliphatic heterocycles. The second-order valence-corrected chi connectivity index (χ2v) is 4.11. The number of nitriles is 1. The van der Waals surface area contributed by atoms with E-state index < -0.39 is 0 Å². The average Bonchev–Trinajstić information content (AvgIpc) is 2.39. The van der Waals surface area contributed by atoms with Crippen molar-refractivity contribution in [3.05, 3.63) is 64.7 Å². The minimum absolute atomic E-state index is 0.681. The first-order valence-electron chi connectivity index (χ1n) is 5.26. The van der Waals surface area contributed by atoms with E-state index in [-0.39, 0.29) is 0 Å². The molecule has 0 bridgehead atoms. The van der Waals surface area contributed by atoms with Crippen LogP contribution >= 0.6 is 11.6 Å². The van der Waals surface area contributed by atoms with Gasteiger partial charge in [-0.15, -0.1) is 0 Å². The molecular weight excluding hydrogens is 232 g/mol. The van der Waals surface area contributed by atoms with Gasteiger partial charge in [-0.25, -0.2) is 0 Å². The Morgan fingerprint density at radius 1 is 1.00 bits per heavy atom. The van der Waals surface area contributed by atoms with Gasteiger partial charge < -0.3 is 5.32 Å². The molecule has 0 saturated heterocycles. The third-order valence-corrected chi connectivity index (χ3v) is 2.68. The third-order valence-electron chi connectivity index (χ3n) is 2.42. The lowest BCUT2D eigenvalue weighted by molar-refractivity contribution is 1.15. The van der Waals surface area contributed by atoms with Crippen molar-refractivity contribution in [3.8, 4) is 6.07 Å². The highest BCUT2D eigenvalue weighted by Crippen LogP contribution is 2.14. The quantitative estimate of drug-likeness (QED) is 0.888. The van der Waals surface area contributed by atoms with Gasteiger partial charge >= 0.3 is 0 Å². The first-order valence-corrected chi connectivity index (χ1v) is 5.64. The standard InChI is InChI=1S/C14H11ClN2/c15-13-5-7-14(8-6-13)17-10-12-3-1-11(9-16)2-4-12/h1-8,17H,10H2. The molecule has 1 N–H and O–H groups in total. The van der Waals surface area contributed by atoms with Gasteiger partial charge in [0.2, 0.25) is 0 Å². The van der Waals surface area contributed by atoms with Crippen molar-refractivity contribution in [1.29, 1.82) is 5.26 Å². The molecule has 0 spiro atoms. The summed E-state index contributed by atoms with van der Waals surface area (Å²) < 4.78 is 0. The first-order chi connectivity index (χ1) is 8.28. The lowest BCUT2D eigenvalue weighted by atomic mass is 10.1. The summed E-state index contributed by atoms with van der Waals surface area (Å²) in [5, 5.41) is 12.7. The Bertz CT molecular complexity index is 524. The smallest absolute Gasteiger partial charge is 0.0991 e. The molecule has 0 aliphatic rings. The highest BCUT2D eigenvalue weighted by molar-refractivity contribution is 6.30. The van der Waals surface area contributed by atoms with Gasteiger partial charge in [0.1, 0.15) is 0 Å². The van der Waals surface area contributed by atoms with Crippen LogP contribution in [-0.2, 0) is 6.54 Å². The SMILES string of the molecule is N#Cc1ccc(CNc2ccc(Cl)cc2)cc1. The highest BCUT2D eigenvalue weighted by Gasteiger charge is 1.95. The van der Waals surface area contributed by atoms with Crippen LogP contribution in [0, 0.1) is 11.3 Å². The number of hydrogen-bond donors (Lipinski definition) is 1. The minimum Gasteiger partial charge on any atom is -0.381 e. The van der Waals surface area contributed by atoms with Crippen molar-refractivity contribution < 1.29 is 0 Å².